The monoisotopic (exact) mass is 327 g/mol. The zero-order chi connectivity index (χ0) is 15.0. The minimum atomic E-state index is -0.189. The van der Waals surface area contributed by atoms with Gasteiger partial charge < -0.3 is 16.0 Å². The molecule has 0 aliphatic carbocycles. The molecule has 1 aromatic rings. The van der Waals surface area contributed by atoms with Gasteiger partial charge in [-0.25, -0.2) is 0 Å². The predicted octanol–water partition coefficient (Wildman–Crippen LogP) is 2.93. The number of anilines is 1. The fourth-order valence-electron chi connectivity index (χ4n) is 3.39. The summed E-state index contributed by atoms with van der Waals surface area (Å²) in [5, 5.41) is 3.66. The number of amides is 1. The summed E-state index contributed by atoms with van der Waals surface area (Å²) >= 11 is 12.1. The van der Waals surface area contributed by atoms with Gasteiger partial charge in [-0.05, 0) is 44.4 Å². The lowest BCUT2D eigenvalue weighted by Crippen LogP contribution is -2.47. The van der Waals surface area contributed by atoms with Crippen LogP contribution < -0.4 is 11.1 Å². The van der Waals surface area contributed by atoms with E-state index in [1.54, 1.807) is 12.1 Å². The third-order valence-corrected chi connectivity index (χ3v) is 5.25. The third kappa shape index (κ3) is 3.12. The van der Waals surface area contributed by atoms with Crippen LogP contribution in [0.1, 0.15) is 36.0 Å². The van der Waals surface area contributed by atoms with E-state index in [-0.39, 0.29) is 17.0 Å². The fraction of sp³-hybridized carbons (Fsp3) is 0.533. The van der Waals surface area contributed by atoms with E-state index in [0.717, 1.165) is 19.4 Å². The van der Waals surface area contributed by atoms with E-state index in [0.29, 0.717) is 22.3 Å². The highest BCUT2D eigenvalue weighted by molar-refractivity contribution is 6.44. The number of nitrogens with zero attached hydrogens (tertiary/aromatic N) is 1. The lowest BCUT2D eigenvalue weighted by Gasteiger charge is -2.35. The molecule has 2 unspecified atom stereocenters. The maximum atomic E-state index is 12.4. The molecule has 0 saturated carbocycles. The maximum Gasteiger partial charge on any atom is 0.253 e. The van der Waals surface area contributed by atoms with E-state index < -0.39 is 0 Å². The Morgan fingerprint density at radius 1 is 1.29 bits per heavy atom. The zero-order valence-corrected chi connectivity index (χ0v) is 13.3. The van der Waals surface area contributed by atoms with Crippen molar-refractivity contribution in [2.45, 2.75) is 37.8 Å². The number of carbonyl (C=O) groups is 1. The Kier molecular flexibility index (Phi) is 4.29. The molecule has 0 bridgehead atoms. The molecule has 0 aromatic heterocycles. The van der Waals surface area contributed by atoms with Gasteiger partial charge in [0.15, 0.2) is 0 Å². The number of rotatable bonds is 2. The van der Waals surface area contributed by atoms with Crippen LogP contribution in [0.2, 0.25) is 10.0 Å². The molecule has 114 valence electrons. The first-order chi connectivity index (χ1) is 10.0. The zero-order valence-electron chi connectivity index (χ0n) is 11.7. The van der Waals surface area contributed by atoms with Crippen LogP contribution in [0, 0.1) is 0 Å². The summed E-state index contributed by atoms with van der Waals surface area (Å²) in [4.78, 5) is 14.9. The number of nitrogens with two attached hydrogens (primary N) is 1. The molecule has 3 N–H and O–H groups in total. The van der Waals surface area contributed by atoms with Crippen molar-refractivity contribution in [3.63, 3.8) is 0 Å². The van der Waals surface area contributed by atoms with Crippen LogP contribution in [0.3, 0.4) is 0 Å². The van der Waals surface area contributed by atoms with E-state index >= 15 is 0 Å². The van der Waals surface area contributed by atoms with Crippen LogP contribution in [0.5, 0.6) is 0 Å². The minimum Gasteiger partial charge on any atom is -0.399 e. The Hall–Kier alpha value is -0.970. The van der Waals surface area contributed by atoms with Crippen LogP contribution in [0.25, 0.3) is 0 Å². The lowest BCUT2D eigenvalue weighted by molar-refractivity contribution is 0.0896. The van der Waals surface area contributed by atoms with Gasteiger partial charge >= 0.3 is 0 Å². The predicted molar refractivity (Wildman–Crippen MR) is 86.0 cm³/mol. The Bertz CT molecular complexity index is 564. The van der Waals surface area contributed by atoms with Gasteiger partial charge in [-0.15, -0.1) is 0 Å². The number of hydrogen-bond acceptors (Lipinski definition) is 3. The fourth-order valence-corrected chi connectivity index (χ4v) is 3.82. The smallest absolute Gasteiger partial charge is 0.253 e. The number of benzene rings is 1. The molecule has 2 fully saturated rings. The highest BCUT2D eigenvalue weighted by Gasteiger charge is 2.32. The number of nitrogens with one attached hydrogen (secondary N) is 1. The second-order valence-electron chi connectivity index (χ2n) is 5.89. The van der Waals surface area contributed by atoms with Crippen LogP contribution >= 0.6 is 23.2 Å². The quantitative estimate of drug-likeness (QED) is 0.821. The van der Waals surface area contributed by atoms with Gasteiger partial charge in [0.2, 0.25) is 0 Å². The van der Waals surface area contributed by atoms with Crippen LogP contribution in [0.4, 0.5) is 5.69 Å². The van der Waals surface area contributed by atoms with E-state index in [1.807, 2.05) is 0 Å². The van der Waals surface area contributed by atoms with Gasteiger partial charge in [-0.2, -0.15) is 0 Å². The summed E-state index contributed by atoms with van der Waals surface area (Å²) in [7, 11) is 0. The van der Waals surface area contributed by atoms with Crippen molar-refractivity contribution in [3.05, 3.63) is 27.7 Å². The maximum absolute atomic E-state index is 12.4. The molecule has 4 nitrogen and oxygen atoms in total. The lowest BCUT2D eigenvalue weighted by atomic mass is 9.97. The van der Waals surface area contributed by atoms with Crippen molar-refractivity contribution in [2.75, 3.05) is 18.8 Å². The number of piperidine rings is 1. The molecule has 1 aromatic carbocycles. The number of nitrogen functional groups attached to an aromatic ring is 1. The Labute approximate surface area is 134 Å². The number of hydrogen-bond donors (Lipinski definition) is 2. The third-order valence-electron chi connectivity index (χ3n) is 4.45. The summed E-state index contributed by atoms with van der Waals surface area (Å²) in [6.45, 7) is 2.25. The van der Waals surface area contributed by atoms with Gasteiger partial charge in [-0.3, -0.25) is 4.79 Å². The molecule has 3 rings (SSSR count). The summed E-state index contributed by atoms with van der Waals surface area (Å²) in [6.07, 6.45) is 4.49. The van der Waals surface area contributed by atoms with E-state index in [9.17, 15) is 4.79 Å². The van der Waals surface area contributed by atoms with Gasteiger partial charge in [-0.1, -0.05) is 23.2 Å². The first kappa shape index (κ1) is 14.9. The molecule has 1 amide bonds. The molecular formula is C15H19Cl2N3O. The first-order valence-corrected chi connectivity index (χ1v) is 8.09. The van der Waals surface area contributed by atoms with Crippen LogP contribution in [-0.4, -0.2) is 36.0 Å². The van der Waals surface area contributed by atoms with E-state index in [2.05, 4.69) is 10.2 Å². The highest BCUT2D eigenvalue weighted by Crippen LogP contribution is 2.30. The minimum absolute atomic E-state index is 0.189. The second kappa shape index (κ2) is 6.03. The molecule has 0 spiro atoms. The SMILES string of the molecule is Nc1cc(Cl)c(Cl)c(C(=O)NC2CCN3CCCC3C2)c1. The summed E-state index contributed by atoms with van der Waals surface area (Å²) in [6, 6.07) is 3.95. The Morgan fingerprint density at radius 2 is 2.10 bits per heavy atom. The molecule has 0 radical (unpaired) electrons. The van der Waals surface area contributed by atoms with E-state index in [1.165, 1.54) is 19.4 Å². The largest absolute Gasteiger partial charge is 0.399 e. The summed E-state index contributed by atoms with van der Waals surface area (Å²) in [5.74, 6) is -0.189. The van der Waals surface area contributed by atoms with Gasteiger partial charge in [0.1, 0.15) is 0 Å². The Morgan fingerprint density at radius 3 is 2.90 bits per heavy atom. The first-order valence-electron chi connectivity index (χ1n) is 7.34. The normalized spacial score (nSPS) is 25.6. The standard InChI is InChI=1S/C15H19Cl2N3O/c16-13-7-9(18)6-12(14(13)17)15(21)19-10-3-5-20-4-1-2-11(20)8-10/h6-7,10-11H,1-5,8,18H2,(H,19,21). The van der Waals surface area contributed by atoms with Crippen molar-refractivity contribution in [3.8, 4) is 0 Å². The molecular weight excluding hydrogens is 309 g/mol. The van der Waals surface area contributed by atoms with Crippen LogP contribution in [-0.2, 0) is 0 Å². The van der Waals surface area contributed by atoms with E-state index in [4.69, 9.17) is 28.9 Å². The average Bonchev–Trinajstić information content (AvgIpc) is 2.90. The van der Waals surface area contributed by atoms with Crippen molar-refractivity contribution in [1.82, 2.24) is 10.2 Å². The summed E-state index contributed by atoms with van der Waals surface area (Å²) in [5.41, 5.74) is 6.54. The number of carbonyl (C=O) groups excluding carboxylic acids is 1. The average molecular weight is 328 g/mol. The van der Waals surface area contributed by atoms with Gasteiger partial charge in [0.05, 0.1) is 15.6 Å². The van der Waals surface area contributed by atoms with Crippen molar-refractivity contribution >= 4 is 34.8 Å². The topological polar surface area (TPSA) is 58.4 Å². The molecule has 2 aliphatic rings. The van der Waals surface area contributed by atoms with Gasteiger partial charge in [0, 0.05) is 24.3 Å². The van der Waals surface area contributed by atoms with Crippen molar-refractivity contribution < 1.29 is 4.79 Å². The van der Waals surface area contributed by atoms with Crippen LogP contribution in [0.15, 0.2) is 12.1 Å². The molecule has 6 heteroatoms. The molecule has 2 saturated heterocycles. The molecule has 2 atom stereocenters. The summed E-state index contributed by atoms with van der Waals surface area (Å²) < 4.78 is 0. The number of fused-ring (bicyclic) bond motifs is 1. The second-order valence-corrected chi connectivity index (χ2v) is 6.68. The Balaban J connectivity index is 1.69. The molecule has 21 heavy (non-hydrogen) atoms. The molecule has 2 aliphatic heterocycles. The number of halogens is 2. The highest BCUT2D eigenvalue weighted by atomic mass is 35.5. The van der Waals surface area contributed by atoms with Crippen molar-refractivity contribution in [2.24, 2.45) is 0 Å². The molecule has 2 heterocycles. The van der Waals surface area contributed by atoms with Gasteiger partial charge in [0.25, 0.3) is 5.91 Å². The van der Waals surface area contributed by atoms with Crippen molar-refractivity contribution in [1.29, 1.82) is 0 Å².